The van der Waals surface area contributed by atoms with E-state index in [1.54, 1.807) is 37.4 Å². The summed E-state index contributed by atoms with van der Waals surface area (Å²) >= 11 is 0. The number of halogens is 1. The Morgan fingerprint density at radius 1 is 1.47 bits per heavy atom. The monoisotopic (exact) mass is 204 g/mol. The molecule has 1 aromatic carbocycles. The molecule has 2 nitrogen and oxygen atoms in total. The fourth-order valence-electron chi connectivity index (χ4n) is 1.16. The molecule has 0 heterocycles. The van der Waals surface area contributed by atoms with Gasteiger partial charge in [0.1, 0.15) is 5.82 Å². The van der Waals surface area contributed by atoms with Gasteiger partial charge in [0.25, 0.3) is 0 Å². The molecule has 78 valence electrons. The Balaban J connectivity index is 3.24. The lowest BCUT2D eigenvalue weighted by Crippen LogP contribution is -2.01. The van der Waals surface area contributed by atoms with Crippen molar-refractivity contribution >= 4 is 12.6 Å². The van der Waals surface area contributed by atoms with Crippen LogP contribution in [0.25, 0.3) is 0 Å². The van der Waals surface area contributed by atoms with Crippen molar-refractivity contribution in [3.05, 3.63) is 47.4 Å². The van der Waals surface area contributed by atoms with Crippen molar-refractivity contribution in [3.8, 4) is 0 Å². The van der Waals surface area contributed by atoms with E-state index in [0.29, 0.717) is 17.0 Å². The van der Waals surface area contributed by atoms with E-state index in [1.165, 1.54) is 0 Å². The topological polar surface area (TPSA) is 24.7 Å². The van der Waals surface area contributed by atoms with Gasteiger partial charge < -0.3 is 0 Å². The van der Waals surface area contributed by atoms with Crippen LogP contribution in [-0.2, 0) is 0 Å². The molecule has 0 aliphatic rings. The van der Waals surface area contributed by atoms with Crippen LogP contribution in [0.4, 0.5) is 4.39 Å². The highest BCUT2D eigenvalue weighted by Gasteiger charge is 2.08. The normalized spacial score (nSPS) is 12.1. The van der Waals surface area contributed by atoms with Crippen molar-refractivity contribution in [1.82, 2.24) is 0 Å². The molecule has 0 aromatic heterocycles. The summed E-state index contributed by atoms with van der Waals surface area (Å²) in [7, 11) is 0. The van der Waals surface area contributed by atoms with E-state index in [4.69, 9.17) is 0 Å². The first-order valence-corrected chi connectivity index (χ1v) is 4.62. The number of rotatable bonds is 2. The molecule has 0 radical (unpaired) electrons. The van der Waals surface area contributed by atoms with Gasteiger partial charge in [0, 0.05) is 6.20 Å². The maximum absolute atomic E-state index is 13.7. The Bertz CT molecular complexity index is 420. The van der Waals surface area contributed by atoms with Gasteiger partial charge in [0.05, 0.1) is 5.56 Å². The van der Waals surface area contributed by atoms with Crippen LogP contribution in [0.15, 0.2) is 40.5 Å². The highest BCUT2D eigenvalue weighted by molar-refractivity contribution is 6.02. The summed E-state index contributed by atoms with van der Waals surface area (Å²) < 4.78 is 13.7. The van der Waals surface area contributed by atoms with Crippen LogP contribution < -0.4 is 0 Å². The molecule has 0 saturated heterocycles. The first-order chi connectivity index (χ1) is 7.20. The Kier molecular flexibility index (Phi) is 3.92. The summed E-state index contributed by atoms with van der Waals surface area (Å²) in [6.45, 7) is 6.91. The minimum absolute atomic E-state index is 0.298. The number of hydrogen-bond donors (Lipinski definition) is 0. The van der Waals surface area contributed by atoms with Crippen LogP contribution in [-0.4, -0.2) is 12.6 Å². The number of aliphatic imine (C=N–C) groups is 2. The number of allylic oxidation sites excluding steroid dienone is 1. The van der Waals surface area contributed by atoms with E-state index in [9.17, 15) is 4.39 Å². The van der Waals surface area contributed by atoms with Crippen LogP contribution in [0.2, 0.25) is 0 Å². The predicted molar refractivity (Wildman–Crippen MR) is 62.0 cm³/mol. The van der Waals surface area contributed by atoms with Crippen molar-refractivity contribution < 1.29 is 4.39 Å². The number of hydrogen-bond acceptors (Lipinski definition) is 1. The van der Waals surface area contributed by atoms with E-state index in [0.717, 1.165) is 0 Å². The fourth-order valence-corrected chi connectivity index (χ4v) is 1.16. The summed E-state index contributed by atoms with van der Waals surface area (Å²) in [5.41, 5.74) is 0.951. The van der Waals surface area contributed by atoms with Crippen LogP contribution in [0, 0.1) is 12.7 Å². The predicted octanol–water partition coefficient (Wildman–Crippen LogP) is 3.11. The van der Waals surface area contributed by atoms with E-state index in [-0.39, 0.29) is 5.82 Å². The minimum Gasteiger partial charge on any atom is -0.244 e. The Labute approximate surface area is 88.9 Å². The smallest absolute Gasteiger partial charge is 0.161 e. The SMILES string of the molecule is C=NC(=N/C=C\C)c1cccc(C)c1F. The molecule has 0 aliphatic heterocycles. The second-order valence-corrected chi connectivity index (χ2v) is 3.03. The van der Waals surface area contributed by atoms with Crippen molar-refractivity contribution in [2.24, 2.45) is 9.98 Å². The van der Waals surface area contributed by atoms with Crippen LogP contribution in [0.1, 0.15) is 18.1 Å². The second-order valence-electron chi connectivity index (χ2n) is 3.03. The molecule has 0 unspecified atom stereocenters. The maximum atomic E-state index is 13.7. The molecule has 0 aliphatic carbocycles. The van der Waals surface area contributed by atoms with Crippen molar-refractivity contribution in [2.45, 2.75) is 13.8 Å². The van der Waals surface area contributed by atoms with Gasteiger partial charge in [0.15, 0.2) is 5.84 Å². The van der Waals surface area contributed by atoms with Gasteiger partial charge in [-0.2, -0.15) is 0 Å². The molecule has 1 aromatic rings. The molecule has 0 bridgehead atoms. The summed E-state index contributed by atoms with van der Waals surface area (Å²) in [6.07, 6.45) is 3.31. The quantitative estimate of drug-likeness (QED) is 0.522. The van der Waals surface area contributed by atoms with Crippen LogP contribution >= 0.6 is 0 Å². The van der Waals surface area contributed by atoms with Gasteiger partial charge in [-0.05, 0) is 32.2 Å². The van der Waals surface area contributed by atoms with Crippen molar-refractivity contribution in [1.29, 1.82) is 0 Å². The van der Waals surface area contributed by atoms with E-state index >= 15 is 0 Å². The molecule has 3 heteroatoms. The number of nitrogens with zero attached hydrogens (tertiary/aromatic N) is 2. The van der Waals surface area contributed by atoms with Crippen LogP contribution in [0.5, 0.6) is 0 Å². The lowest BCUT2D eigenvalue weighted by molar-refractivity contribution is 0.616. The maximum Gasteiger partial charge on any atom is 0.161 e. The number of amidine groups is 1. The zero-order chi connectivity index (χ0) is 11.3. The molecular formula is C12H13FN2. The molecule has 1 rings (SSSR count). The molecule has 0 fully saturated rings. The van der Waals surface area contributed by atoms with E-state index in [2.05, 4.69) is 16.7 Å². The average Bonchev–Trinajstić information content (AvgIpc) is 2.25. The first-order valence-electron chi connectivity index (χ1n) is 4.62. The molecule has 0 saturated carbocycles. The highest BCUT2D eigenvalue weighted by Crippen LogP contribution is 2.13. The Hall–Kier alpha value is -1.77. The lowest BCUT2D eigenvalue weighted by Gasteiger charge is -2.03. The third-order valence-electron chi connectivity index (χ3n) is 1.93. The summed E-state index contributed by atoms with van der Waals surface area (Å²) in [5, 5.41) is 0. The third kappa shape index (κ3) is 2.59. The Morgan fingerprint density at radius 3 is 2.80 bits per heavy atom. The van der Waals surface area contributed by atoms with Crippen LogP contribution in [0.3, 0.4) is 0 Å². The van der Waals surface area contributed by atoms with Crippen molar-refractivity contribution in [2.75, 3.05) is 0 Å². The fraction of sp³-hybridized carbons (Fsp3) is 0.167. The van der Waals surface area contributed by atoms with Gasteiger partial charge in [-0.15, -0.1) is 0 Å². The molecule has 0 atom stereocenters. The zero-order valence-corrected chi connectivity index (χ0v) is 8.87. The molecule has 0 N–H and O–H groups in total. The second kappa shape index (κ2) is 5.20. The minimum atomic E-state index is -0.298. The summed E-state index contributed by atoms with van der Waals surface area (Å²) in [4.78, 5) is 7.71. The summed E-state index contributed by atoms with van der Waals surface area (Å²) in [5.74, 6) is 0.00227. The largest absolute Gasteiger partial charge is 0.244 e. The number of benzene rings is 1. The van der Waals surface area contributed by atoms with Gasteiger partial charge in [-0.25, -0.2) is 14.4 Å². The molecule has 0 spiro atoms. The van der Waals surface area contributed by atoms with Gasteiger partial charge in [-0.3, -0.25) is 0 Å². The Morgan fingerprint density at radius 2 is 2.20 bits per heavy atom. The third-order valence-corrected chi connectivity index (χ3v) is 1.93. The number of aryl methyl sites for hydroxylation is 1. The summed E-state index contributed by atoms with van der Waals surface area (Å²) in [6, 6.07) is 5.11. The standard InChI is InChI=1S/C12H13FN2/c1-4-8-15-12(14-3)10-7-5-6-9(2)11(10)13/h4-8H,3H2,1-2H3/b8-4-,15-12?. The molecule has 0 amide bonds. The molecule has 15 heavy (non-hydrogen) atoms. The zero-order valence-electron chi connectivity index (χ0n) is 8.87. The lowest BCUT2D eigenvalue weighted by atomic mass is 10.1. The van der Waals surface area contributed by atoms with E-state index < -0.39 is 0 Å². The van der Waals surface area contributed by atoms with Gasteiger partial charge in [-0.1, -0.05) is 18.2 Å². The van der Waals surface area contributed by atoms with Gasteiger partial charge >= 0.3 is 0 Å². The van der Waals surface area contributed by atoms with Gasteiger partial charge in [0.2, 0.25) is 0 Å². The van der Waals surface area contributed by atoms with E-state index in [1.807, 2.05) is 6.92 Å². The first kappa shape index (κ1) is 11.3. The van der Waals surface area contributed by atoms with Crippen molar-refractivity contribution in [3.63, 3.8) is 0 Å². The average molecular weight is 204 g/mol. The highest BCUT2D eigenvalue weighted by atomic mass is 19.1. The molecular weight excluding hydrogens is 191 g/mol.